The van der Waals surface area contributed by atoms with Gasteiger partial charge in [-0.15, -0.1) is 0 Å². The maximum Gasteiger partial charge on any atom is -0.0257 e. The summed E-state index contributed by atoms with van der Waals surface area (Å²) in [5.74, 6) is 0. The van der Waals surface area contributed by atoms with Crippen LogP contribution in [-0.4, -0.2) is 0 Å². The van der Waals surface area contributed by atoms with Gasteiger partial charge in [-0.3, -0.25) is 0 Å². The summed E-state index contributed by atoms with van der Waals surface area (Å²) >= 11 is 0. The zero-order valence-corrected chi connectivity index (χ0v) is 9.90. The minimum absolute atomic E-state index is 1.28. The molecule has 1 aromatic carbocycles. The third-order valence-corrected chi connectivity index (χ3v) is 1.58. The lowest BCUT2D eigenvalue weighted by Gasteiger charge is -1.91. The van der Waals surface area contributed by atoms with Crippen molar-refractivity contribution in [3.8, 4) is 0 Å². The minimum Gasteiger partial charge on any atom is -0.0991 e. The van der Waals surface area contributed by atoms with Gasteiger partial charge in [-0.25, -0.2) is 0 Å². The number of hydrogen-bond donors (Lipinski definition) is 0. The molecular weight excluding hydrogens is 180 g/mol. The fourth-order valence-electron chi connectivity index (χ4n) is 1.02. The molecule has 0 heterocycles. The molecule has 0 fully saturated rings. The molecule has 1 rings (SSSR count). The van der Waals surface area contributed by atoms with Crippen LogP contribution < -0.4 is 0 Å². The first-order valence-corrected chi connectivity index (χ1v) is 5.14. The maximum atomic E-state index is 3.46. The smallest absolute Gasteiger partial charge is 0.0257 e. The van der Waals surface area contributed by atoms with E-state index in [4.69, 9.17) is 0 Å². The van der Waals surface area contributed by atoms with E-state index in [1.165, 1.54) is 11.1 Å². The molecule has 0 saturated heterocycles. The molecule has 0 radical (unpaired) electrons. The Bertz CT molecular complexity index is 311. The van der Waals surface area contributed by atoms with Gasteiger partial charge in [-0.05, 0) is 26.3 Å². The van der Waals surface area contributed by atoms with Crippen molar-refractivity contribution in [1.82, 2.24) is 0 Å². The summed E-state index contributed by atoms with van der Waals surface area (Å²) in [5, 5.41) is 0. The zero-order valence-electron chi connectivity index (χ0n) is 9.90. The second-order valence-corrected chi connectivity index (χ2v) is 3.39. The molecule has 80 valence electrons. The van der Waals surface area contributed by atoms with E-state index >= 15 is 0 Å². The Hall–Kier alpha value is -1.56. The van der Waals surface area contributed by atoms with Crippen molar-refractivity contribution >= 4 is 6.08 Å². The molecule has 0 aliphatic rings. The molecule has 0 saturated carbocycles. The first-order valence-electron chi connectivity index (χ1n) is 5.14. The molecule has 0 aromatic heterocycles. The fourth-order valence-corrected chi connectivity index (χ4v) is 1.02. The number of rotatable bonds is 2. The lowest BCUT2D eigenvalue weighted by atomic mass is 10.2. The number of hydrogen-bond acceptors (Lipinski definition) is 0. The summed E-state index contributed by atoms with van der Waals surface area (Å²) in [6, 6.07) is 10.3. The van der Waals surface area contributed by atoms with Crippen molar-refractivity contribution in [2.75, 3.05) is 0 Å². The van der Waals surface area contributed by atoms with Crippen LogP contribution in [0, 0.1) is 0 Å². The normalized spacial score (nSPS) is 9.00. The molecule has 0 bridgehead atoms. The van der Waals surface area contributed by atoms with E-state index in [1.54, 1.807) is 6.08 Å². The summed E-state index contributed by atoms with van der Waals surface area (Å²) in [6.07, 6.45) is 7.74. The van der Waals surface area contributed by atoms with E-state index in [0.717, 1.165) is 0 Å². The van der Waals surface area contributed by atoms with Gasteiger partial charge in [0.1, 0.15) is 0 Å². The van der Waals surface area contributed by atoms with Crippen LogP contribution in [0.1, 0.15) is 26.3 Å². The summed E-state index contributed by atoms with van der Waals surface area (Å²) in [4.78, 5) is 0. The maximum absolute atomic E-state index is 3.46. The highest BCUT2D eigenvalue weighted by Crippen LogP contribution is 2.04. The average molecular weight is 200 g/mol. The highest BCUT2D eigenvalue weighted by atomic mass is 13.9. The predicted octanol–water partition coefficient (Wildman–Crippen LogP) is 4.86. The van der Waals surface area contributed by atoms with Crippen LogP contribution in [0.15, 0.2) is 60.7 Å². The average Bonchev–Trinajstić information content (AvgIpc) is 2.20. The van der Waals surface area contributed by atoms with E-state index in [2.05, 4.69) is 50.8 Å². The molecule has 0 aliphatic carbocycles. The SMILES string of the molecule is C=C/C=C/C.CC(C)=Cc1ccccc1. The van der Waals surface area contributed by atoms with Gasteiger partial charge in [-0.2, -0.15) is 0 Å². The van der Waals surface area contributed by atoms with Crippen LogP contribution in [0.3, 0.4) is 0 Å². The van der Waals surface area contributed by atoms with Gasteiger partial charge in [0.05, 0.1) is 0 Å². The van der Waals surface area contributed by atoms with E-state index in [0.29, 0.717) is 0 Å². The van der Waals surface area contributed by atoms with Gasteiger partial charge < -0.3 is 0 Å². The molecule has 0 spiro atoms. The Balaban J connectivity index is 0.000000336. The third-order valence-electron chi connectivity index (χ3n) is 1.58. The molecule has 15 heavy (non-hydrogen) atoms. The zero-order chi connectivity index (χ0) is 11.5. The van der Waals surface area contributed by atoms with Gasteiger partial charge in [0.15, 0.2) is 0 Å². The molecule has 0 unspecified atom stereocenters. The Morgan fingerprint density at radius 3 is 2.07 bits per heavy atom. The van der Waals surface area contributed by atoms with Crippen molar-refractivity contribution in [2.24, 2.45) is 0 Å². The highest BCUT2D eigenvalue weighted by Gasteiger charge is 1.82. The van der Waals surface area contributed by atoms with Gasteiger partial charge in [0, 0.05) is 0 Å². The van der Waals surface area contributed by atoms with Crippen molar-refractivity contribution in [1.29, 1.82) is 0 Å². The minimum atomic E-state index is 1.28. The Kier molecular flexibility index (Phi) is 8.08. The quantitative estimate of drug-likeness (QED) is 0.598. The van der Waals surface area contributed by atoms with Crippen molar-refractivity contribution in [3.05, 3.63) is 66.3 Å². The van der Waals surface area contributed by atoms with Crippen LogP contribution in [0.25, 0.3) is 6.08 Å². The monoisotopic (exact) mass is 200 g/mol. The Morgan fingerprint density at radius 2 is 1.73 bits per heavy atom. The first-order chi connectivity index (χ1) is 7.20. The van der Waals surface area contributed by atoms with Gasteiger partial charge in [0.2, 0.25) is 0 Å². The molecule has 0 nitrogen and oxygen atoms in total. The van der Waals surface area contributed by atoms with Crippen LogP contribution in [0.5, 0.6) is 0 Å². The second-order valence-electron chi connectivity index (χ2n) is 3.39. The Morgan fingerprint density at radius 1 is 1.13 bits per heavy atom. The van der Waals surface area contributed by atoms with Crippen LogP contribution in [0.2, 0.25) is 0 Å². The van der Waals surface area contributed by atoms with Crippen molar-refractivity contribution < 1.29 is 0 Å². The third kappa shape index (κ3) is 8.76. The summed E-state index contributed by atoms with van der Waals surface area (Å²) in [6.45, 7) is 9.63. The van der Waals surface area contributed by atoms with Crippen LogP contribution in [-0.2, 0) is 0 Å². The van der Waals surface area contributed by atoms with Gasteiger partial charge in [-0.1, -0.05) is 66.8 Å². The van der Waals surface area contributed by atoms with E-state index in [1.807, 2.05) is 25.1 Å². The number of allylic oxidation sites excluding steroid dienone is 4. The lowest BCUT2D eigenvalue weighted by Crippen LogP contribution is -1.69. The predicted molar refractivity (Wildman–Crippen MR) is 70.8 cm³/mol. The highest BCUT2D eigenvalue weighted by molar-refractivity contribution is 5.51. The van der Waals surface area contributed by atoms with E-state index < -0.39 is 0 Å². The van der Waals surface area contributed by atoms with Crippen molar-refractivity contribution in [3.63, 3.8) is 0 Å². The van der Waals surface area contributed by atoms with Crippen molar-refractivity contribution in [2.45, 2.75) is 20.8 Å². The van der Waals surface area contributed by atoms with Gasteiger partial charge >= 0.3 is 0 Å². The lowest BCUT2D eigenvalue weighted by molar-refractivity contribution is 1.42. The summed E-state index contributed by atoms with van der Waals surface area (Å²) in [7, 11) is 0. The second kappa shape index (κ2) is 9.01. The van der Waals surface area contributed by atoms with E-state index in [9.17, 15) is 0 Å². The first kappa shape index (κ1) is 13.4. The molecule has 0 N–H and O–H groups in total. The summed E-state index contributed by atoms with van der Waals surface area (Å²) in [5.41, 5.74) is 2.62. The largest absolute Gasteiger partial charge is 0.0991 e. The number of benzene rings is 1. The van der Waals surface area contributed by atoms with Crippen LogP contribution >= 0.6 is 0 Å². The van der Waals surface area contributed by atoms with E-state index in [-0.39, 0.29) is 0 Å². The van der Waals surface area contributed by atoms with Crippen LogP contribution in [0.4, 0.5) is 0 Å². The molecule has 0 aliphatic heterocycles. The molecular formula is C15H20. The van der Waals surface area contributed by atoms with Gasteiger partial charge in [0.25, 0.3) is 0 Å². The topological polar surface area (TPSA) is 0 Å². The summed E-state index contributed by atoms with van der Waals surface area (Å²) < 4.78 is 0. The fraction of sp³-hybridized carbons (Fsp3) is 0.200. The molecule has 0 heteroatoms. The standard InChI is InChI=1S/C10H12.C5H8/c1-9(2)8-10-6-4-3-5-7-10;1-3-5-4-2/h3-8H,1-2H3;3-5H,1H2,2H3/b;5-4+. The molecule has 1 aromatic rings. The molecule has 0 amide bonds. The molecule has 0 atom stereocenters. The Labute approximate surface area is 93.7 Å².